The van der Waals surface area contributed by atoms with Gasteiger partial charge in [-0.25, -0.2) is 0 Å². The van der Waals surface area contributed by atoms with E-state index in [9.17, 15) is 15.0 Å². The number of phenols is 2. The third kappa shape index (κ3) is 3.56. The van der Waals surface area contributed by atoms with Gasteiger partial charge in [-0.15, -0.1) is 0 Å². The van der Waals surface area contributed by atoms with Crippen molar-refractivity contribution in [1.29, 1.82) is 0 Å². The molecule has 3 nitrogen and oxygen atoms in total. The van der Waals surface area contributed by atoms with Crippen LogP contribution in [0.2, 0.25) is 5.02 Å². The topological polar surface area (TPSA) is 57.5 Å². The molecule has 110 valence electrons. The van der Waals surface area contributed by atoms with Gasteiger partial charge in [0.1, 0.15) is 11.5 Å². The highest BCUT2D eigenvalue weighted by Gasteiger charge is 2.17. The zero-order chi connectivity index (χ0) is 15.4. The lowest BCUT2D eigenvalue weighted by Crippen LogP contribution is -2.05. The van der Waals surface area contributed by atoms with Gasteiger partial charge in [-0.1, -0.05) is 37.1 Å². The van der Waals surface area contributed by atoms with Crippen molar-refractivity contribution < 1.29 is 15.0 Å². The van der Waals surface area contributed by atoms with Crippen molar-refractivity contribution in [1.82, 2.24) is 0 Å². The fourth-order valence-electron chi connectivity index (χ4n) is 2.23. The summed E-state index contributed by atoms with van der Waals surface area (Å²) < 4.78 is 0. The minimum atomic E-state index is -0.188. The first-order valence-electron chi connectivity index (χ1n) is 6.84. The van der Waals surface area contributed by atoms with Gasteiger partial charge >= 0.3 is 0 Å². The summed E-state index contributed by atoms with van der Waals surface area (Å²) in [4.78, 5) is 12.3. The highest BCUT2D eigenvalue weighted by molar-refractivity contribution is 6.30. The second-order valence-corrected chi connectivity index (χ2v) is 5.37. The molecule has 0 radical (unpaired) electrons. The van der Waals surface area contributed by atoms with Crippen molar-refractivity contribution in [2.24, 2.45) is 0 Å². The van der Waals surface area contributed by atoms with Gasteiger partial charge in [-0.2, -0.15) is 0 Å². The number of hydrogen-bond acceptors (Lipinski definition) is 3. The maximum absolute atomic E-state index is 12.3. The lowest BCUT2D eigenvalue weighted by atomic mass is 9.97. The van der Waals surface area contributed by atoms with Crippen LogP contribution in [0.3, 0.4) is 0 Å². The molecular formula is C17H17ClO3. The van der Waals surface area contributed by atoms with Crippen LogP contribution >= 0.6 is 11.6 Å². The molecule has 0 heterocycles. The maximum Gasteiger partial charge on any atom is 0.170 e. The Labute approximate surface area is 128 Å². The molecule has 0 aliphatic carbocycles. The van der Waals surface area contributed by atoms with Crippen LogP contribution in [0.15, 0.2) is 36.4 Å². The summed E-state index contributed by atoms with van der Waals surface area (Å²) in [6, 6.07) is 9.93. The molecule has 2 N–H and O–H groups in total. The van der Waals surface area contributed by atoms with Gasteiger partial charge in [0.2, 0.25) is 0 Å². The van der Waals surface area contributed by atoms with E-state index in [2.05, 4.69) is 0 Å². The summed E-state index contributed by atoms with van der Waals surface area (Å²) in [5.74, 6) is -0.277. The van der Waals surface area contributed by atoms with Crippen LogP contribution in [0.4, 0.5) is 0 Å². The molecule has 0 bridgehead atoms. The van der Waals surface area contributed by atoms with E-state index in [4.69, 9.17) is 11.6 Å². The Hall–Kier alpha value is -2.00. The predicted molar refractivity (Wildman–Crippen MR) is 83.3 cm³/mol. The number of benzene rings is 2. The Morgan fingerprint density at radius 2 is 1.76 bits per heavy atom. The number of phenolic OH excluding ortho intramolecular Hbond substituents is 2. The molecule has 0 fully saturated rings. The van der Waals surface area contributed by atoms with Gasteiger partial charge in [0.25, 0.3) is 0 Å². The van der Waals surface area contributed by atoms with Crippen LogP contribution in [-0.4, -0.2) is 16.0 Å². The number of hydrogen-bond donors (Lipinski definition) is 2. The van der Waals surface area contributed by atoms with E-state index >= 15 is 0 Å². The lowest BCUT2D eigenvalue weighted by molar-refractivity contribution is 0.0990. The van der Waals surface area contributed by atoms with E-state index in [1.807, 2.05) is 6.92 Å². The third-order valence-electron chi connectivity index (χ3n) is 3.34. The van der Waals surface area contributed by atoms with E-state index < -0.39 is 0 Å². The van der Waals surface area contributed by atoms with Gasteiger partial charge < -0.3 is 10.2 Å². The number of rotatable bonds is 5. The van der Waals surface area contributed by atoms with Crippen molar-refractivity contribution in [2.45, 2.75) is 26.2 Å². The molecule has 0 saturated heterocycles. The standard InChI is InChI=1S/C17H17ClO3/c1-2-3-13-15(19)9-8-14(17(13)21)16(20)10-11-4-6-12(18)7-5-11/h4-9,19,21H,2-3,10H2,1H3. The highest BCUT2D eigenvalue weighted by atomic mass is 35.5. The Balaban J connectivity index is 2.27. The van der Waals surface area contributed by atoms with Crippen LogP contribution in [0.25, 0.3) is 0 Å². The van der Waals surface area contributed by atoms with Crippen LogP contribution in [0.5, 0.6) is 11.5 Å². The van der Waals surface area contributed by atoms with E-state index in [1.54, 1.807) is 24.3 Å². The number of ketones is 1. The smallest absolute Gasteiger partial charge is 0.170 e. The fourth-order valence-corrected chi connectivity index (χ4v) is 2.36. The summed E-state index contributed by atoms with van der Waals surface area (Å²) in [6.45, 7) is 1.95. The van der Waals surface area contributed by atoms with Crippen LogP contribution < -0.4 is 0 Å². The Kier molecular flexibility index (Phi) is 4.86. The quantitative estimate of drug-likeness (QED) is 0.817. The molecule has 2 aromatic carbocycles. The highest BCUT2D eigenvalue weighted by Crippen LogP contribution is 2.32. The van der Waals surface area contributed by atoms with Crippen molar-refractivity contribution in [3.8, 4) is 11.5 Å². The van der Waals surface area contributed by atoms with Crippen molar-refractivity contribution in [3.05, 3.63) is 58.1 Å². The van der Waals surface area contributed by atoms with Gasteiger partial charge in [-0.05, 0) is 36.2 Å². The summed E-state index contributed by atoms with van der Waals surface area (Å²) in [5.41, 5.74) is 1.50. The molecule has 2 aromatic rings. The number of carbonyl (C=O) groups is 1. The molecule has 0 aromatic heterocycles. The first-order valence-corrected chi connectivity index (χ1v) is 7.22. The Morgan fingerprint density at radius 3 is 2.38 bits per heavy atom. The molecule has 0 aliphatic heterocycles. The van der Waals surface area contributed by atoms with Crippen molar-refractivity contribution in [3.63, 3.8) is 0 Å². The largest absolute Gasteiger partial charge is 0.508 e. The Bertz CT molecular complexity index is 648. The van der Waals surface area contributed by atoms with Crippen molar-refractivity contribution in [2.75, 3.05) is 0 Å². The third-order valence-corrected chi connectivity index (χ3v) is 3.59. The summed E-state index contributed by atoms with van der Waals surface area (Å²) in [6.07, 6.45) is 1.48. The van der Waals surface area contributed by atoms with Crippen LogP contribution in [0, 0.1) is 0 Å². The van der Waals surface area contributed by atoms with E-state index in [0.29, 0.717) is 17.0 Å². The minimum Gasteiger partial charge on any atom is -0.508 e. The fraction of sp³-hybridized carbons (Fsp3) is 0.235. The molecule has 0 saturated carbocycles. The lowest BCUT2D eigenvalue weighted by Gasteiger charge is -2.10. The monoisotopic (exact) mass is 304 g/mol. The normalized spacial score (nSPS) is 10.6. The summed E-state index contributed by atoms with van der Waals surface area (Å²) in [5, 5.41) is 20.6. The SMILES string of the molecule is CCCc1c(O)ccc(C(=O)Cc2ccc(Cl)cc2)c1O. The number of aromatic hydroxyl groups is 2. The maximum atomic E-state index is 12.3. The second-order valence-electron chi connectivity index (χ2n) is 4.94. The zero-order valence-electron chi connectivity index (χ0n) is 11.8. The van der Waals surface area contributed by atoms with Gasteiger partial charge in [0, 0.05) is 17.0 Å². The minimum absolute atomic E-state index is 0.0254. The van der Waals surface area contributed by atoms with Crippen molar-refractivity contribution >= 4 is 17.4 Å². The average molecular weight is 305 g/mol. The number of Topliss-reactive ketones (excluding diaryl/α,β-unsaturated/α-hetero) is 1. The van der Waals surface area contributed by atoms with Crippen LogP contribution in [-0.2, 0) is 12.8 Å². The molecule has 0 unspecified atom stereocenters. The number of halogens is 1. The molecule has 21 heavy (non-hydrogen) atoms. The zero-order valence-corrected chi connectivity index (χ0v) is 12.5. The molecule has 0 aliphatic rings. The van der Waals surface area contributed by atoms with Gasteiger partial charge in [0.15, 0.2) is 5.78 Å². The number of carbonyl (C=O) groups excluding carboxylic acids is 1. The molecule has 0 atom stereocenters. The van der Waals surface area contributed by atoms with E-state index in [0.717, 1.165) is 12.0 Å². The second kappa shape index (κ2) is 6.64. The van der Waals surface area contributed by atoms with E-state index in [-0.39, 0.29) is 29.3 Å². The molecule has 0 spiro atoms. The van der Waals surface area contributed by atoms with Crippen LogP contribution in [0.1, 0.15) is 34.8 Å². The average Bonchev–Trinajstić information content (AvgIpc) is 2.46. The molecule has 2 rings (SSSR count). The molecular weight excluding hydrogens is 288 g/mol. The van der Waals surface area contributed by atoms with Gasteiger partial charge in [-0.3, -0.25) is 4.79 Å². The van der Waals surface area contributed by atoms with Gasteiger partial charge in [0.05, 0.1) is 5.56 Å². The first-order chi connectivity index (χ1) is 10.0. The Morgan fingerprint density at radius 1 is 1.10 bits per heavy atom. The summed E-state index contributed by atoms with van der Waals surface area (Å²) >= 11 is 5.81. The summed E-state index contributed by atoms with van der Waals surface area (Å²) in [7, 11) is 0. The molecule has 0 amide bonds. The molecule has 4 heteroatoms. The van der Waals surface area contributed by atoms with E-state index in [1.165, 1.54) is 12.1 Å². The first kappa shape index (κ1) is 15.4. The predicted octanol–water partition coefficient (Wildman–Crippen LogP) is 4.13.